The Hall–Kier alpha value is -6.76. The van der Waals surface area contributed by atoms with Gasteiger partial charge in [-0.15, -0.1) is 0 Å². The van der Waals surface area contributed by atoms with Gasteiger partial charge in [-0.1, -0.05) is 189 Å². The molecule has 276 valence electrons. The van der Waals surface area contributed by atoms with Crippen LogP contribution in [-0.2, 0) is 6.42 Å². The number of hydrogen-bond acceptors (Lipinski definition) is 0. The normalized spacial score (nSPS) is 11.9. The van der Waals surface area contributed by atoms with Gasteiger partial charge in [0.05, 0.1) is 0 Å². The molecule has 0 saturated heterocycles. The van der Waals surface area contributed by atoms with E-state index in [0.717, 1.165) is 18.4 Å². The van der Waals surface area contributed by atoms with Gasteiger partial charge in [-0.3, -0.25) is 0 Å². The van der Waals surface area contributed by atoms with Crippen LogP contribution in [0, 0.1) is 13.8 Å². The van der Waals surface area contributed by atoms with Gasteiger partial charge in [0.1, 0.15) is 0 Å². The minimum Gasteiger partial charge on any atom is -0.0985 e. The van der Waals surface area contributed by atoms with E-state index in [0.29, 0.717) is 0 Å². The summed E-state index contributed by atoms with van der Waals surface area (Å²) in [6, 6.07) is 72.8. The minimum atomic E-state index is 0.254. The molecular weight excluding hydrogens is 685 g/mol. The topological polar surface area (TPSA) is 0 Å². The molecule has 0 aromatic heterocycles. The molecule has 0 spiro atoms. The number of rotatable bonds is 12. The van der Waals surface area contributed by atoms with Crippen molar-refractivity contribution in [3.8, 4) is 55.6 Å². The minimum absolute atomic E-state index is 0.254. The second-order valence-electron chi connectivity index (χ2n) is 15.0. The van der Waals surface area contributed by atoms with Gasteiger partial charge in [0.2, 0.25) is 0 Å². The first kappa shape index (κ1) is 37.2. The number of hydrogen-bond donors (Lipinski definition) is 0. The molecule has 0 aliphatic rings. The molecule has 0 fully saturated rings. The lowest BCUT2D eigenvalue weighted by Gasteiger charge is -2.18. The Balaban J connectivity index is 1.19. The molecule has 0 heteroatoms. The molecule has 0 heterocycles. The van der Waals surface area contributed by atoms with Crippen LogP contribution < -0.4 is 0 Å². The number of benzene rings is 8. The fraction of sp³-hybridized carbons (Fsp3) is 0.0877. The van der Waals surface area contributed by atoms with Crippen molar-refractivity contribution in [2.24, 2.45) is 0 Å². The Morgan fingerprint density at radius 2 is 0.912 bits per heavy atom. The van der Waals surface area contributed by atoms with Crippen molar-refractivity contribution in [3.63, 3.8) is 0 Å². The van der Waals surface area contributed by atoms with Gasteiger partial charge >= 0.3 is 0 Å². The summed E-state index contributed by atoms with van der Waals surface area (Å²) in [5.41, 5.74) is 19.7. The van der Waals surface area contributed by atoms with Crippen molar-refractivity contribution in [1.82, 2.24) is 0 Å². The zero-order chi connectivity index (χ0) is 39.0. The van der Waals surface area contributed by atoms with Crippen LogP contribution in [0.15, 0.2) is 219 Å². The summed E-state index contributed by atoms with van der Waals surface area (Å²) in [6.45, 7) is 8.78. The Bertz CT molecular complexity index is 2570. The Labute approximate surface area is 339 Å². The van der Waals surface area contributed by atoms with E-state index in [9.17, 15) is 0 Å². The van der Waals surface area contributed by atoms with Gasteiger partial charge in [0.15, 0.2) is 0 Å². The zero-order valence-corrected chi connectivity index (χ0v) is 32.9. The van der Waals surface area contributed by atoms with Crippen LogP contribution in [0.25, 0.3) is 61.2 Å². The van der Waals surface area contributed by atoms with Crippen LogP contribution in [0.2, 0.25) is 0 Å². The third-order valence-corrected chi connectivity index (χ3v) is 11.2. The van der Waals surface area contributed by atoms with E-state index in [1.165, 1.54) is 83.5 Å². The van der Waals surface area contributed by atoms with E-state index in [1.807, 2.05) is 6.08 Å². The maximum absolute atomic E-state index is 4.33. The molecule has 0 aliphatic heterocycles. The molecule has 8 rings (SSSR count). The first-order valence-corrected chi connectivity index (χ1v) is 20.0. The Morgan fingerprint density at radius 1 is 0.439 bits per heavy atom. The Morgan fingerprint density at radius 3 is 1.47 bits per heavy atom. The summed E-state index contributed by atoms with van der Waals surface area (Å²) < 4.78 is 0. The molecule has 8 aromatic carbocycles. The maximum Gasteiger partial charge on any atom is 0.00303 e. The lowest BCUT2D eigenvalue weighted by atomic mass is 9.86. The van der Waals surface area contributed by atoms with Crippen LogP contribution >= 0.6 is 0 Å². The molecule has 0 amide bonds. The highest BCUT2D eigenvalue weighted by atomic mass is 14.2. The molecule has 1 unspecified atom stereocenters. The lowest BCUT2D eigenvalue weighted by molar-refractivity contribution is 0.737. The van der Waals surface area contributed by atoms with Crippen LogP contribution in [0.3, 0.4) is 0 Å². The second-order valence-corrected chi connectivity index (χ2v) is 15.0. The average molecular weight is 733 g/mol. The summed E-state index contributed by atoms with van der Waals surface area (Å²) in [6.07, 6.45) is 6.48. The van der Waals surface area contributed by atoms with Crippen LogP contribution in [0.5, 0.6) is 0 Å². The van der Waals surface area contributed by atoms with Crippen molar-refractivity contribution in [3.05, 3.63) is 247 Å². The molecule has 0 nitrogen and oxygen atoms in total. The highest BCUT2D eigenvalue weighted by Gasteiger charge is 2.16. The largest absolute Gasteiger partial charge is 0.0985 e. The quantitative estimate of drug-likeness (QED) is 0.110. The number of aryl methyl sites for hydroxylation is 3. The number of allylic oxidation sites excluding steroid dienone is 3. The van der Waals surface area contributed by atoms with E-state index in [-0.39, 0.29) is 5.92 Å². The first-order valence-electron chi connectivity index (χ1n) is 20.0. The molecule has 0 bridgehead atoms. The third-order valence-electron chi connectivity index (χ3n) is 11.2. The van der Waals surface area contributed by atoms with Crippen LogP contribution in [0.1, 0.15) is 40.2 Å². The summed E-state index contributed by atoms with van der Waals surface area (Å²) in [5, 5.41) is 0. The summed E-state index contributed by atoms with van der Waals surface area (Å²) in [7, 11) is 0. The molecule has 0 N–H and O–H groups in total. The van der Waals surface area contributed by atoms with Gasteiger partial charge < -0.3 is 0 Å². The second kappa shape index (κ2) is 17.4. The predicted octanol–water partition coefficient (Wildman–Crippen LogP) is 15.6. The third kappa shape index (κ3) is 8.57. The molecule has 8 aromatic rings. The molecule has 0 aliphatic carbocycles. The van der Waals surface area contributed by atoms with Crippen molar-refractivity contribution in [1.29, 1.82) is 0 Å². The fourth-order valence-corrected chi connectivity index (χ4v) is 8.04. The highest BCUT2D eigenvalue weighted by Crippen LogP contribution is 2.40. The molecular formula is C57H48. The first-order chi connectivity index (χ1) is 28.0. The predicted molar refractivity (Wildman–Crippen MR) is 245 cm³/mol. The Kier molecular flexibility index (Phi) is 11.3. The van der Waals surface area contributed by atoms with E-state index >= 15 is 0 Å². The molecule has 0 radical (unpaired) electrons. The summed E-state index contributed by atoms with van der Waals surface area (Å²) in [5.74, 6) is 0.254. The van der Waals surface area contributed by atoms with E-state index in [1.54, 1.807) is 0 Å². The van der Waals surface area contributed by atoms with E-state index in [2.05, 4.69) is 227 Å². The highest BCUT2D eigenvalue weighted by molar-refractivity contribution is 5.90. The SMILES string of the molecule is C=C/C(=C\C(CCc1ccccc1)c1ccccc1)c1ccc(C)c(-c2ccccc2-c2cc(-c3cc(-c4ccccc4)cc(-c4ccccc4)c3)ccc2C)c1. The molecule has 57 heavy (non-hydrogen) atoms. The van der Waals surface area contributed by atoms with Gasteiger partial charge in [0, 0.05) is 5.92 Å². The van der Waals surface area contributed by atoms with Crippen molar-refractivity contribution in [2.45, 2.75) is 32.6 Å². The van der Waals surface area contributed by atoms with Crippen molar-refractivity contribution < 1.29 is 0 Å². The zero-order valence-electron chi connectivity index (χ0n) is 32.9. The van der Waals surface area contributed by atoms with Crippen LogP contribution in [-0.4, -0.2) is 0 Å². The average Bonchev–Trinajstić information content (AvgIpc) is 3.28. The van der Waals surface area contributed by atoms with Gasteiger partial charge in [-0.25, -0.2) is 0 Å². The van der Waals surface area contributed by atoms with Gasteiger partial charge in [-0.2, -0.15) is 0 Å². The monoisotopic (exact) mass is 732 g/mol. The van der Waals surface area contributed by atoms with Gasteiger partial charge in [-0.05, 0) is 146 Å². The van der Waals surface area contributed by atoms with Crippen molar-refractivity contribution >= 4 is 5.57 Å². The lowest BCUT2D eigenvalue weighted by Crippen LogP contribution is -2.00. The molecule has 1 atom stereocenters. The smallest absolute Gasteiger partial charge is 0.00303 e. The van der Waals surface area contributed by atoms with Crippen LogP contribution in [0.4, 0.5) is 0 Å². The fourth-order valence-electron chi connectivity index (χ4n) is 8.04. The van der Waals surface area contributed by atoms with E-state index in [4.69, 9.17) is 0 Å². The summed E-state index contributed by atoms with van der Waals surface area (Å²) in [4.78, 5) is 0. The van der Waals surface area contributed by atoms with Gasteiger partial charge in [0.25, 0.3) is 0 Å². The summed E-state index contributed by atoms with van der Waals surface area (Å²) >= 11 is 0. The van der Waals surface area contributed by atoms with E-state index < -0.39 is 0 Å². The van der Waals surface area contributed by atoms with Crippen molar-refractivity contribution in [2.75, 3.05) is 0 Å². The molecule has 0 saturated carbocycles. The maximum atomic E-state index is 4.33. The standard InChI is InChI=1S/C57H48/c1-4-44(35-48(45-21-11-6-12-22-45)34-31-43-19-9-5-10-20-43)49-32-29-41(2)56(39-49)54-27-17-18-28-55(54)57-40-50(33-30-42(57)3)53-37-51(46-23-13-7-14-24-46)36-52(38-53)47-25-15-8-16-26-47/h4-30,32-33,35-40,48H,1,31,34H2,2-3H3/b44-35+.